The molecule has 0 amide bonds. The Kier molecular flexibility index (Phi) is 7.13. The molecule has 1 unspecified atom stereocenters. The van der Waals surface area contributed by atoms with Crippen LogP contribution in [0.1, 0.15) is 42.0 Å². The van der Waals surface area contributed by atoms with E-state index in [1.165, 1.54) is 71.9 Å². The fourth-order valence-electron chi connectivity index (χ4n) is 8.40. The van der Waals surface area contributed by atoms with E-state index in [2.05, 4.69) is 194 Å². The van der Waals surface area contributed by atoms with E-state index in [0.29, 0.717) is 0 Å². The molecule has 234 valence electrons. The average molecular weight is 628 g/mol. The molecule has 0 saturated carbocycles. The second-order valence-electron chi connectivity index (χ2n) is 13.3. The third-order valence-corrected chi connectivity index (χ3v) is 10.6. The van der Waals surface area contributed by atoms with Crippen LogP contribution in [0.2, 0.25) is 0 Å². The highest BCUT2D eigenvalue weighted by molar-refractivity contribution is 5.98. The number of nitrogens with zero attached hydrogens (tertiary/aromatic N) is 1. The Hall–Kier alpha value is -5.92. The number of anilines is 3. The van der Waals surface area contributed by atoms with Crippen LogP contribution in [0, 0.1) is 0 Å². The molecule has 1 heteroatoms. The maximum atomic E-state index is 2.51. The predicted octanol–water partition coefficient (Wildman–Crippen LogP) is 10.9. The number of rotatable bonds is 6. The Morgan fingerprint density at radius 2 is 1.08 bits per heavy atom. The van der Waals surface area contributed by atoms with Crippen molar-refractivity contribution in [3.63, 3.8) is 0 Å². The first-order valence-electron chi connectivity index (χ1n) is 17.3. The summed E-state index contributed by atoms with van der Waals surface area (Å²) >= 11 is 0. The summed E-state index contributed by atoms with van der Waals surface area (Å²) in [4.78, 5) is 2.51. The van der Waals surface area contributed by atoms with Gasteiger partial charge >= 0.3 is 0 Å². The summed E-state index contributed by atoms with van der Waals surface area (Å²) in [6, 6.07) is 64.5. The minimum atomic E-state index is -0.275. The Labute approximate surface area is 288 Å². The van der Waals surface area contributed by atoms with E-state index in [9.17, 15) is 0 Å². The standard InChI is InChI=1S/C48H37N/c1-48(36-22-7-3-8-23-36)42-30-13-11-27-41(42)47-43(48)31-17-33-45(47)49(37-24-9-4-10-25-37)44-32-14-12-26-39(44)40-29-16-21-35-20-15-28-38(46(35)40)34-18-5-2-6-19-34/h2-15,17-28,30-33H,16,29H2,1H3. The molecular formula is C48H37N. The summed E-state index contributed by atoms with van der Waals surface area (Å²) < 4.78 is 0. The van der Waals surface area contributed by atoms with Crippen molar-refractivity contribution in [3.8, 4) is 22.3 Å². The van der Waals surface area contributed by atoms with E-state index in [0.717, 1.165) is 18.5 Å². The lowest BCUT2D eigenvalue weighted by Crippen LogP contribution is -2.32. The Morgan fingerprint density at radius 1 is 0.490 bits per heavy atom. The van der Waals surface area contributed by atoms with Gasteiger partial charge < -0.3 is 4.90 Å². The summed E-state index contributed by atoms with van der Waals surface area (Å²) in [7, 11) is 0. The Bertz CT molecular complexity index is 2440. The first-order chi connectivity index (χ1) is 24.2. The van der Waals surface area contributed by atoms with Crippen LogP contribution in [0.15, 0.2) is 176 Å². The number of hydrogen-bond acceptors (Lipinski definition) is 1. The van der Waals surface area contributed by atoms with Gasteiger partial charge in [0.15, 0.2) is 0 Å². The molecule has 0 saturated heterocycles. The van der Waals surface area contributed by atoms with Crippen LogP contribution < -0.4 is 15.3 Å². The Morgan fingerprint density at radius 3 is 1.88 bits per heavy atom. The molecule has 0 radical (unpaired) electrons. The largest absolute Gasteiger partial charge is 0.309 e. The SMILES string of the molecule is CC1(c2ccccc2)c2ccccc2-c2c(N(c3ccccc3)c3ccccc3C3=c4c(-c5ccccc5)cccc4=CCC3)cccc21. The second kappa shape index (κ2) is 12.0. The molecule has 9 rings (SSSR count). The van der Waals surface area contributed by atoms with Gasteiger partial charge in [-0.15, -0.1) is 0 Å². The van der Waals surface area contributed by atoms with Gasteiger partial charge in [0.1, 0.15) is 0 Å². The number of benzene rings is 7. The van der Waals surface area contributed by atoms with E-state index in [1.54, 1.807) is 0 Å². The molecular weight excluding hydrogens is 591 g/mol. The molecule has 2 aliphatic rings. The molecule has 0 N–H and O–H groups in total. The maximum Gasteiger partial charge on any atom is 0.0543 e. The van der Waals surface area contributed by atoms with Gasteiger partial charge in [-0.05, 0) is 93.4 Å². The van der Waals surface area contributed by atoms with Gasteiger partial charge in [0, 0.05) is 22.2 Å². The van der Waals surface area contributed by atoms with Gasteiger partial charge in [-0.3, -0.25) is 0 Å². The van der Waals surface area contributed by atoms with Crippen LogP contribution >= 0.6 is 0 Å². The topological polar surface area (TPSA) is 3.24 Å². The first kappa shape index (κ1) is 29.2. The highest BCUT2D eigenvalue weighted by Crippen LogP contribution is 2.57. The lowest BCUT2D eigenvalue weighted by Gasteiger charge is -2.32. The van der Waals surface area contributed by atoms with E-state index in [4.69, 9.17) is 0 Å². The molecule has 0 spiro atoms. The third-order valence-electron chi connectivity index (χ3n) is 10.6. The van der Waals surface area contributed by atoms with Crippen molar-refractivity contribution < 1.29 is 0 Å². The average Bonchev–Trinajstić information content (AvgIpc) is 3.45. The zero-order valence-electron chi connectivity index (χ0n) is 27.7. The first-order valence-corrected chi connectivity index (χ1v) is 17.3. The summed E-state index contributed by atoms with van der Waals surface area (Å²) in [5.74, 6) is 0. The van der Waals surface area contributed by atoms with Crippen LogP contribution in [0.3, 0.4) is 0 Å². The lowest BCUT2D eigenvalue weighted by atomic mass is 9.74. The Balaban J connectivity index is 1.34. The molecule has 0 heterocycles. The molecule has 7 aromatic carbocycles. The minimum Gasteiger partial charge on any atom is -0.309 e. The summed E-state index contributed by atoms with van der Waals surface area (Å²) in [5.41, 5.74) is 15.1. The maximum absolute atomic E-state index is 2.51. The number of hydrogen-bond donors (Lipinski definition) is 0. The van der Waals surface area contributed by atoms with Gasteiger partial charge in [0.25, 0.3) is 0 Å². The van der Waals surface area contributed by atoms with Crippen molar-refractivity contribution in [2.75, 3.05) is 4.90 Å². The fourth-order valence-corrected chi connectivity index (χ4v) is 8.40. The summed E-state index contributed by atoms with van der Waals surface area (Å²) in [5, 5.41) is 2.66. The van der Waals surface area contributed by atoms with Crippen LogP contribution in [-0.2, 0) is 5.41 Å². The summed E-state index contributed by atoms with van der Waals surface area (Å²) in [6.07, 6.45) is 4.41. The van der Waals surface area contributed by atoms with Crippen LogP contribution in [0.25, 0.3) is 33.9 Å². The number of para-hydroxylation sites is 2. The molecule has 0 aromatic heterocycles. The van der Waals surface area contributed by atoms with Gasteiger partial charge in [-0.2, -0.15) is 0 Å². The van der Waals surface area contributed by atoms with E-state index >= 15 is 0 Å². The normalized spacial score (nSPS) is 15.9. The molecule has 0 bridgehead atoms. The van der Waals surface area contributed by atoms with Gasteiger partial charge in [-0.25, -0.2) is 0 Å². The smallest absolute Gasteiger partial charge is 0.0543 e. The van der Waals surface area contributed by atoms with Crippen molar-refractivity contribution >= 4 is 28.7 Å². The summed E-state index contributed by atoms with van der Waals surface area (Å²) in [6.45, 7) is 2.40. The van der Waals surface area contributed by atoms with E-state index < -0.39 is 0 Å². The van der Waals surface area contributed by atoms with Crippen LogP contribution in [0.4, 0.5) is 17.1 Å². The van der Waals surface area contributed by atoms with Crippen molar-refractivity contribution in [1.82, 2.24) is 0 Å². The van der Waals surface area contributed by atoms with Crippen molar-refractivity contribution in [2.45, 2.75) is 25.2 Å². The lowest BCUT2D eigenvalue weighted by molar-refractivity contribution is 0.714. The zero-order valence-corrected chi connectivity index (χ0v) is 27.7. The van der Waals surface area contributed by atoms with E-state index in [1.807, 2.05) is 0 Å². The fraction of sp³-hybridized carbons (Fsp3) is 0.0833. The highest BCUT2D eigenvalue weighted by atomic mass is 15.1. The predicted molar refractivity (Wildman–Crippen MR) is 206 cm³/mol. The van der Waals surface area contributed by atoms with Crippen molar-refractivity contribution in [1.29, 1.82) is 0 Å². The number of fused-ring (bicyclic) bond motifs is 4. The second-order valence-corrected chi connectivity index (χ2v) is 13.3. The van der Waals surface area contributed by atoms with Crippen LogP contribution in [0.5, 0.6) is 0 Å². The molecule has 7 aromatic rings. The van der Waals surface area contributed by atoms with Gasteiger partial charge in [-0.1, -0.05) is 158 Å². The third kappa shape index (κ3) is 4.69. The van der Waals surface area contributed by atoms with Crippen molar-refractivity contribution in [3.05, 3.63) is 209 Å². The van der Waals surface area contributed by atoms with Gasteiger partial charge in [0.2, 0.25) is 0 Å². The molecule has 0 fully saturated rings. The molecule has 49 heavy (non-hydrogen) atoms. The quantitative estimate of drug-likeness (QED) is 0.177. The molecule has 1 atom stereocenters. The van der Waals surface area contributed by atoms with Gasteiger partial charge in [0.05, 0.1) is 11.4 Å². The zero-order chi connectivity index (χ0) is 32.8. The van der Waals surface area contributed by atoms with Crippen LogP contribution in [-0.4, -0.2) is 0 Å². The van der Waals surface area contributed by atoms with Crippen molar-refractivity contribution in [2.24, 2.45) is 0 Å². The minimum absolute atomic E-state index is 0.275. The highest BCUT2D eigenvalue weighted by Gasteiger charge is 2.42. The van der Waals surface area contributed by atoms with E-state index in [-0.39, 0.29) is 5.41 Å². The molecule has 2 aliphatic carbocycles. The molecule has 0 aliphatic heterocycles. The molecule has 1 nitrogen and oxygen atoms in total. The monoisotopic (exact) mass is 627 g/mol.